The molecule has 3 heterocycles. The Labute approximate surface area is 147 Å². The zero-order valence-corrected chi connectivity index (χ0v) is 15.2. The van der Waals surface area contributed by atoms with Crippen LogP contribution in [0.2, 0.25) is 0 Å². The summed E-state index contributed by atoms with van der Waals surface area (Å²) < 4.78 is 0. The van der Waals surface area contributed by atoms with Crippen LogP contribution >= 0.6 is 0 Å². The van der Waals surface area contributed by atoms with E-state index in [0.717, 1.165) is 13.1 Å². The second-order valence-corrected chi connectivity index (χ2v) is 7.29. The summed E-state index contributed by atoms with van der Waals surface area (Å²) >= 11 is 0. The van der Waals surface area contributed by atoms with E-state index in [4.69, 9.17) is 0 Å². The minimum absolute atomic E-state index is 0.984. The van der Waals surface area contributed by atoms with Crippen LogP contribution in [0.25, 0.3) is 0 Å². The van der Waals surface area contributed by atoms with Gasteiger partial charge >= 0.3 is 0 Å². The molecule has 2 fully saturated rings. The van der Waals surface area contributed by atoms with E-state index in [1.165, 1.54) is 77.4 Å². The zero-order valence-electron chi connectivity index (χ0n) is 15.2. The van der Waals surface area contributed by atoms with Crippen molar-refractivity contribution in [3.8, 4) is 0 Å². The molecular formula is C19H33N5. The Hall–Kier alpha value is -1.01. The van der Waals surface area contributed by atoms with Crippen LogP contribution in [0.15, 0.2) is 24.4 Å². The summed E-state index contributed by atoms with van der Waals surface area (Å²) in [7, 11) is 2.27. The topological polar surface area (TPSA) is 25.9 Å². The molecule has 2 atom stereocenters. The summed E-state index contributed by atoms with van der Waals surface area (Å²) in [5.41, 5.74) is 1.20. The normalized spacial score (nSPS) is 28.5. The van der Waals surface area contributed by atoms with Crippen LogP contribution in [0.4, 0.5) is 0 Å². The predicted octanol–water partition coefficient (Wildman–Crippen LogP) is 1.23. The molecule has 3 rings (SSSR count). The van der Waals surface area contributed by atoms with Crippen LogP contribution in [0, 0.1) is 0 Å². The molecule has 2 bridgehead atoms. The minimum atomic E-state index is 0.984. The van der Waals surface area contributed by atoms with Crippen molar-refractivity contribution in [2.45, 2.75) is 19.4 Å². The number of hydrogen-bond donors (Lipinski definition) is 0. The highest BCUT2D eigenvalue weighted by molar-refractivity contribution is 5.03. The van der Waals surface area contributed by atoms with Crippen molar-refractivity contribution in [3.63, 3.8) is 0 Å². The number of hydrogen-bond acceptors (Lipinski definition) is 5. The molecule has 0 saturated carbocycles. The first-order chi connectivity index (χ1) is 11.8. The minimum Gasteiger partial charge on any atom is -0.305 e. The van der Waals surface area contributed by atoms with Gasteiger partial charge in [0.1, 0.15) is 0 Å². The third kappa shape index (κ3) is 5.81. The summed E-state index contributed by atoms with van der Waals surface area (Å²) in [5.74, 6) is 0. The van der Waals surface area contributed by atoms with Crippen molar-refractivity contribution in [2.24, 2.45) is 0 Å². The van der Waals surface area contributed by atoms with Crippen molar-refractivity contribution in [1.82, 2.24) is 24.6 Å². The molecule has 1 aromatic heterocycles. The van der Waals surface area contributed by atoms with Gasteiger partial charge in [0.05, 0.1) is 5.69 Å². The first kappa shape index (κ1) is 17.8. The Morgan fingerprint density at radius 3 is 2.25 bits per heavy atom. The molecule has 0 aromatic carbocycles. The van der Waals surface area contributed by atoms with Gasteiger partial charge in [-0.25, -0.2) is 0 Å². The fraction of sp³-hybridized carbons (Fsp3) is 0.737. The molecule has 134 valence electrons. The molecule has 2 aliphatic heterocycles. The average Bonchev–Trinajstić information content (AvgIpc) is 2.61. The van der Waals surface area contributed by atoms with Crippen LogP contribution in [0.1, 0.15) is 18.5 Å². The third-order valence-electron chi connectivity index (χ3n) is 5.34. The van der Waals surface area contributed by atoms with Crippen LogP contribution in [-0.4, -0.2) is 97.1 Å². The fourth-order valence-corrected chi connectivity index (χ4v) is 3.73. The SMILES string of the molecule is CN1CCCN2CCN(CCCN(Cc3ccccn3)CC2)CC1. The van der Waals surface area contributed by atoms with Gasteiger partial charge < -0.3 is 14.7 Å². The van der Waals surface area contributed by atoms with Gasteiger partial charge in [0, 0.05) is 52.0 Å². The van der Waals surface area contributed by atoms with Crippen LogP contribution in [0.3, 0.4) is 0 Å². The molecule has 2 saturated heterocycles. The van der Waals surface area contributed by atoms with Gasteiger partial charge in [-0.15, -0.1) is 0 Å². The number of pyridine rings is 1. The predicted molar refractivity (Wildman–Crippen MR) is 99.1 cm³/mol. The summed E-state index contributed by atoms with van der Waals surface area (Å²) in [6, 6.07) is 6.25. The Morgan fingerprint density at radius 2 is 1.50 bits per heavy atom. The molecule has 0 amide bonds. The Bertz CT molecular complexity index is 466. The average molecular weight is 332 g/mol. The van der Waals surface area contributed by atoms with E-state index in [1.54, 1.807) is 0 Å². The summed E-state index contributed by atoms with van der Waals surface area (Å²) in [4.78, 5) is 14.9. The van der Waals surface area contributed by atoms with Gasteiger partial charge in [0.25, 0.3) is 0 Å². The molecule has 2 aliphatic rings. The van der Waals surface area contributed by atoms with Gasteiger partial charge in [0.2, 0.25) is 0 Å². The number of likely N-dealkylation sites (N-methyl/N-ethyl adjacent to an activating group) is 1. The molecule has 0 aliphatic carbocycles. The first-order valence-corrected chi connectivity index (χ1v) is 9.55. The van der Waals surface area contributed by atoms with E-state index < -0.39 is 0 Å². The summed E-state index contributed by atoms with van der Waals surface area (Å²) in [6.45, 7) is 13.1. The highest BCUT2D eigenvalue weighted by atomic mass is 15.3. The van der Waals surface area contributed by atoms with E-state index in [9.17, 15) is 0 Å². The number of fused-ring (bicyclic) bond motifs is 3. The molecule has 5 nitrogen and oxygen atoms in total. The van der Waals surface area contributed by atoms with E-state index in [-0.39, 0.29) is 0 Å². The van der Waals surface area contributed by atoms with Crippen LogP contribution in [0.5, 0.6) is 0 Å². The quantitative estimate of drug-likeness (QED) is 0.812. The monoisotopic (exact) mass is 331 g/mol. The van der Waals surface area contributed by atoms with Crippen LogP contribution in [-0.2, 0) is 6.54 Å². The number of aromatic nitrogens is 1. The summed E-state index contributed by atoms with van der Waals surface area (Å²) in [6.07, 6.45) is 4.46. The van der Waals surface area contributed by atoms with Crippen molar-refractivity contribution in [1.29, 1.82) is 0 Å². The molecule has 2 unspecified atom stereocenters. The van der Waals surface area contributed by atoms with Gasteiger partial charge in [0.15, 0.2) is 0 Å². The lowest BCUT2D eigenvalue weighted by Crippen LogP contribution is -2.46. The second kappa shape index (κ2) is 9.47. The van der Waals surface area contributed by atoms with Crippen LogP contribution < -0.4 is 0 Å². The molecule has 5 heteroatoms. The summed E-state index contributed by atoms with van der Waals surface area (Å²) in [5, 5.41) is 0. The molecule has 0 radical (unpaired) electrons. The third-order valence-corrected chi connectivity index (χ3v) is 5.34. The first-order valence-electron chi connectivity index (χ1n) is 9.55. The maximum absolute atomic E-state index is 4.51. The maximum atomic E-state index is 4.51. The number of nitrogens with zero attached hydrogens (tertiary/aromatic N) is 5. The second-order valence-electron chi connectivity index (χ2n) is 7.29. The molecule has 1 aromatic rings. The van der Waals surface area contributed by atoms with Crippen molar-refractivity contribution in [3.05, 3.63) is 30.1 Å². The lowest BCUT2D eigenvalue weighted by Gasteiger charge is -2.35. The smallest absolute Gasteiger partial charge is 0.0543 e. The van der Waals surface area contributed by atoms with E-state index >= 15 is 0 Å². The van der Waals surface area contributed by atoms with E-state index in [2.05, 4.69) is 43.8 Å². The number of rotatable bonds is 2. The van der Waals surface area contributed by atoms with Gasteiger partial charge in [-0.2, -0.15) is 0 Å². The van der Waals surface area contributed by atoms with Crippen molar-refractivity contribution in [2.75, 3.05) is 72.5 Å². The lowest BCUT2D eigenvalue weighted by molar-refractivity contribution is 0.124. The van der Waals surface area contributed by atoms with E-state index in [0.29, 0.717) is 0 Å². The fourth-order valence-electron chi connectivity index (χ4n) is 3.73. The zero-order chi connectivity index (χ0) is 16.6. The molecule has 0 N–H and O–H groups in total. The highest BCUT2D eigenvalue weighted by Crippen LogP contribution is 2.08. The van der Waals surface area contributed by atoms with Gasteiger partial charge in [-0.1, -0.05) is 6.07 Å². The maximum Gasteiger partial charge on any atom is 0.0543 e. The van der Waals surface area contributed by atoms with Gasteiger partial charge in [-0.3, -0.25) is 9.88 Å². The largest absolute Gasteiger partial charge is 0.305 e. The Morgan fingerprint density at radius 1 is 0.792 bits per heavy atom. The Kier molecular flexibility index (Phi) is 7.02. The molecular weight excluding hydrogens is 298 g/mol. The lowest BCUT2D eigenvalue weighted by atomic mass is 10.2. The standard InChI is InChI=1S/C19H33N5/c1-21-8-4-9-23-15-14-22(13-12-21)10-5-11-24(17-16-23)18-19-6-2-3-7-20-19/h2-3,6-7H,4-5,8-18H2,1H3. The van der Waals surface area contributed by atoms with E-state index in [1.807, 2.05) is 12.3 Å². The highest BCUT2D eigenvalue weighted by Gasteiger charge is 2.17. The van der Waals surface area contributed by atoms with Gasteiger partial charge in [-0.05, 0) is 58.2 Å². The molecule has 0 spiro atoms. The van der Waals surface area contributed by atoms with Crippen molar-refractivity contribution < 1.29 is 0 Å². The van der Waals surface area contributed by atoms with Crippen molar-refractivity contribution >= 4 is 0 Å². The Balaban J connectivity index is 1.61. The molecule has 24 heavy (non-hydrogen) atoms.